The van der Waals surface area contributed by atoms with Crippen LogP contribution in [-0.2, 0) is 26.2 Å². The zero-order chi connectivity index (χ0) is 28.7. The van der Waals surface area contributed by atoms with Gasteiger partial charge in [0.25, 0.3) is 10.0 Å². The molecule has 1 atom stereocenters. The van der Waals surface area contributed by atoms with Gasteiger partial charge < -0.3 is 10.2 Å². The summed E-state index contributed by atoms with van der Waals surface area (Å²) in [5, 5.41) is 3.39. The lowest BCUT2D eigenvalue weighted by Gasteiger charge is -2.32. The molecular weight excluding hydrogens is 534 g/mol. The summed E-state index contributed by atoms with van der Waals surface area (Å²) in [6, 6.07) is 18.1. The summed E-state index contributed by atoms with van der Waals surface area (Å²) in [4.78, 5) is 28.4. The van der Waals surface area contributed by atoms with E-state index in [4.69, 9.17) is 11.6 Å². The van der Waals surface area contributed by atoms with Gasteiger partial charge in [-0.1, -0.05) is 66.0 Å². The molecule has 9 heteroatoms. The molecular formula is C30H36ClN3O4S. The Balaban J connectivity index is 2.05. The number of carbonyl (C=O) groups excluding carboxylic acids is 2. The quantitative estimate of drug-likeness (QED) is 0.335. The van der Waals surface area contributed by atoms with Crippen LogP contribution < -0.4 is 9.62 Å². The summed E-state index contributed by atoms with van der Waals surface area (Å²) in [6.45, 7) is 9.32. The lowest BCUT2D eigenvalue weighted by molar-refractivity contribution is -0.139. The van der Waals surface area contributed by atoms with Crippen LogP contribution in [0.25, 0.3) is 0 Å². The number of aryl methyl sites for hydroxylation is 3. The molecule has 0 fully saturated rings. The second-order valence-electron chi connectivity index (χ2n) is 9.73. The molecule has 0 aromatic heterocycles. The molecule has 1 N–H and O–H groups in total. The number of rotatable bonds is 11. The maximum absolute atomic E-state index is 13.9. The average molecular weight is 570 g/mol. The Morgan fingerprint density at radius 2 is 1.54 bits per heavy atom. The number of benzene rings is 3. The van der Waals surface area contributed by atoms with Crippen molar-refractivity contribution in [2.75, 3.05) is 17.4 Å². The van der Waals surface area contributed by atoms with Gasteiger partial charge in [-0.15, -0.1) is 0 Å². The Morgan fingerprint density at radius 3 is 2.13 bits per heavy atom. The number of anilines is 1. The number of sulfonamides is 1. The molecule has 3 rings (SSSR count). The van der Waals surface area contributed by atoms with Gasteiger partial charge in [0, 0.05) is 18.1 Å². The van der Waals surface area contributed by atoms with Crippen LogP contribution >= 0.6 is 11.6 Å². The summed E-state index contributed by atoms with van der Waals surface area (Å²) in [6.07, 6.45) is 0.749. The third kappa shape index (κ3) is 7.61. The highest BCUT2D eigenvalue weighted by Crippen LogP contribution is 2.28. The van der Waals surface area contributed by atoms with Crippen molar-refractivity contribution in [2.45, 2.75) is 58.5 Å². The van der Waals surface area contributed by atoms with E-state index in [2.05, 4.69) is 5.32 Å². The molecule has 0 aliphatic heterocycles. The minimum Gasteiger partial charge on any atom is -0.354 e. The highest BCUT2D eigenvalue weighted by Gasteiger charge is 2.33. The first-order chi connectivity index (χ1) is 18.4. The number of carbonyl (C=O) groups is 2. The van der Waals surface area contributed by atoms with Gasteiger partial charge in [-0.2, -0.15) is 0 Å². The third-order valence-electron chi connectivity index (χ3n) is 6.49. The van der Waals surface area contributed by atoms with E-state index in [-0.39, 0.29) is 17.3 Å². The van der Waals surface area contributed by atoms with Crippen LogP contribution in [0.4, 0.5) is 5.69 Å². The lowest BCUT2D eigenvalue weighted by Crippen LogP contribution is -2.51. The summed E-state index contributed by atoms with van der Waals surface area (Å²) in [5.74, 6) is -0.807. The van der Waals surface area contributed by atoms with Crippen LogP contribution in [-0.4, -0.2) is 44.3 Å². The second kappa shape index (κ2) is 13.1. The van der Waals surface area contributed by atoms with Crippen molar-refractivity contribution in [3.8, 4) is 0 Å². The summed E-state index contributed by atoms with van der Waals surface area (Å²) < 4.78 is 29.0. The van der Waals surface area contributed by atoms with E-state index < -0.39 is 28.5 Å². The van der Waals surface area contributed by atoms with Crippen molar-refractivity contribution in [3.05, 3.63) is 94.0 Å². The van der Waals surface area contributed by atoms with Crippen LogP contribution in [0.15, 0.2) is 71.6 Å². The van der Waals surface area contributed by atoms with Crippen LogP contribution in [0, 0.1) is 20.8 Å². The fraction of sp³-hybridized carbons (Fsp3) is 0.333. The van der Waals surface area contributed by atoms with E-state index in [1.165, 1.54) is 17.0 Å². The molecule has 0 heterocycles. The van der Waals surface area contributed by atoms with Crippen LogP contribution in [0.3, 0.4) is 0 Å². The smallest absolute Gasteiger partial charge is 0.264 e. The average Bonchev–Trinajstić information content (AvgIpc) is 2.90. The minimum absolute atomic E-state index is 0.0823. The molecule has 0 aliphatic rings. The topological polar surface area (TPSA) is 86.8 Å². The van der Waals surface area contributed by atoms with Crippen molar-refractivity contribution < 1.29 is 18.0 Å². The molecule has 0 spiro atoms. The third-order valence-corrected chi connectivity index (χ3v) is 8.52. The Labute approximate surface area is 236 Å². The van der Waals surface area contributed by atoms with E-state index in [1.54, 1.807) is 49.4 Å². The van der Waals surface area contributed by atoms with E-state index >= 15 is 0 Å². The van der Waals surface area contributed by atoms with E-state index in [0.29, 0.717) is 17.3 Å². The molecule has 0 saturated carbocycles. The van der Waals surface area contributed by atoms with Gasteiger partial charge in [0.05, 0.1) is 10.6 Å². The summed E-state index contributed by atoms with van der Waals surface area (Å²) >= 11 is 6.04. The Hall–Kier alpha value is -3.36. The van der Waals surface area contributed by atoms with E-state index in [9.17, 15) is 18.0 Å². The van der Waals surface area contributed by atoms with Gasteiger partial charge in [0.2, 0.25) is 11.8 Å². The fourth-order valence-electron chi connectivity index (χ4n) is 4.20. The van der Waals surface area contributed by atoms with Crippen LogP contribution in [0.5, 0.6) is 0 Å². The largest absolute Gasteiger partial charge is 0.354 e. The molecule has 0 aliphatic carbocycles. The molecule has 3 aromatic carbocycles. The maximum Gasteiger partial charge on any atom is 0.264 e. The number of halogens is 1. The van der Waals surface area contributed by atoms with Gasteiger partial charge in [-0.05, 0) is 75.6 Å². The highest BCUT2D eigenvalue weighted by atomic mass is 35.5. The van der Waals surface area contributed by atoms with Gasteiger partial charge in [0.1, 0.15) is 12.6 Å². The zero-order valence-corrected chi connectivity index (χ0v) is 24.6. The van der Waals surface area contributed by atoms with Gasteiger partial charge >= 0.3 is 0 Å². The second-order valence-corrected chi connectivity index (χ2v) is 12.0. The molecule has 7 nitrogen and oxygen atoms in total. The molecule has 208 valence electrons. The monoisotopic (exact) mass is 569 g/mol. The van der Waals surface area contributed by atoms with Crippen molar-refractivity contribution in [3.63, 3.8) is 0 Å². The lowest BCUT2D eigenvalue weighted by atomic mass is 10.1. The van der Waals surface area contributed by atoms with Crippen LogP contribution in [0.2, 0.25) is 5.02 Å². The van der Waals surface area contributed by atoms with Crippen LogP contribution in [0.1, 0.15) is 42.5 Å². The number of hydrogen-bond donors (Lipinski definition) is 1. The van der Waals surface area contributed by atoms with Crippen molar-refractivity contribution in [1.82, 2.24) is 10.2 Å². The minimum atomic E-state index is -4.11. The van der Waals surface area contributed by atoms with Crippen molar-refractivity contribution >= 4 is 39.1 Å². The van der Waals surface area contributed by atoms with E-state index in [1.807, 2.05) is 39.8 Å². The summed E-state index contributed by atoms with van der Waals surface area (Å²) in [7, 11) is -4.11. The normalized spacial score (nSPS) is 12.1. The van der Waals surface area contributed by atoms with Gasteiger partial charge in [-0.25, -0.2) is 8.42 Å². The predicted octanol–water partition coefficient (Wildman–Crippen LogP) is 5.40. The van der Waals surface area contributed by atoms with Gasteiger partial charge in [-0.3, -0.25) is 13.9 Å². The Morgan fingerprint density at radius 1 is 0.923 bits per heavy atom. The van der Waals surface area contributed by atoms with E-state index in [0.717, 1.165) is 33.0 Å². The molecule has 0 radical (unpaired) electrons. The number of amides is 2. The molecule has 2 amide bonds. The molecule has 1 unspecified atom stereocenters. The molecule has 0 saturated heterocycles. The first-order valence-electron chi connectivity index (χ1n) is 12.9. The Kier molecular flexibility index (Phi) is 10.2. The number of hydrogen-bond acceptors (Lipinski definition) is 4. The first-order valence-corrected chi connectivity index (χ1v) is 14.7. The molecule has 3 aromatic rings. The highest BCUT2D eigenvalue weighted by molar-refractivity contribution is 7.92. The number of nitrogens with one attached hydrogen (secondary N) is 1. The molecule has 39 heavy (non-hydrogen) atoms. The van der Waals surface area contributed by atoms with Gasteiger partial charge in [0.15, 0.2) is 0 Å². The first kappa shape index (κ1) is 30.2. The number of nitrogens with zero attached hydrogens (tertiary/aromatic N) is 2. The predicted molar refractivity (Wildman–Crippen MR) is 156 cm³/mol. The van der Waals surface area contributed by atoms with Crippen molar-refractivity contribution in [1.29, 1.82) is 0 Å². The Bertz CT molecular complexity index is 1410. The SMILES string of the molecule is CCCNC(=O)C(C)N(Cc1ccc(Cl)cc1)C(=O)CN(c1ccc(C)cc1C)S(=O)(=O)c1ccc(C)cc1. The fourth-order valence-corrected chi connectivity index (χ4v) is 5.81. The zero-order valence-electron chi connectivity index (χ0n) is 23.1. The summed E-state index contributed by atoms with van der Waals surface area (Å²) in [5.41, 5.74) is 3.79. The van der Waals surface area contributed by atoms with Crippen molar-refractivity contribution in [2.24, 2.45) is 0 Å². The molecule has 0 bridgehead atoms. The maximum atomic E-state index is 13.9. The standard InChI is InChI=1S/C30H36ClN3O4S/c1-6-17-32-30(36)24(5)33(19-25-10-12-26(31)13-11-25)29(35)20-34(28-16-9-22(3)18-23(28)4)39(37,38)27-14-7-21(2)8-15-27/h7-16,18,24H,6,17,19-20H2,1-5H3,(H,32,36).